The van der Waals surface area contributed by atoms with Crippen molar-refractivity contribution in [2.75, 3.05) is 0 Å². The summed E-state index contributed by atoms with van der Waals surface area (Å²) in [5, 5.41) is 0.191. The van der Waals surface area contributed by atoms with Gasteiger partial charge < -0.3 is 8.85 Å². The molecule has 0 aliphatic carbocycles. The number of carbonyl (C=O) groups excluding carboxylic acids is 1. The Morgan fingerprint density at radius 3 is 1.76 bits per heavy atom. The predicted octanol–water partition coefficient (Wildman–Crippen LogP) is 7.82. The van der Waals surface area contributed by atoms with Crippen molar-refractivity contribution in [1.82, 2.24) is 0 Å². The van der Waals surface area contributed by atoms with E-state index in [9.17, 15) is 4.79 Å². The Labute approximate surface area is 204 Å². The van der Waals surface area contributed by atoms with Crippen LogP contribution in [0.15, 0.2) is 54.6 Å². The zero-order valence-electron chi connectivity index (χ0n) is 22.4. The first-order chi connectivity index (χ1) is 15.0. The van der Waals surface area contributed by atoms with E-state index in [0.29, 0.717) is 12.8 Å². The van der Waals surface area contributed by atoms with Gasteiger partial charge in [-0.2, -0.15) is 0 Å². The van der Waals surface area contributed by atoms with Crippen molar-refractivity contribution in [3.05, 3.63) is 65.7 Å². The second-order valence-electron chi connectivity index (χ2n) is 12.2. The molecule has 0 spiro atoms. The highest BCUT2D eigenvalue weighted by molar-refractivity contribution is 6.75. The molecule has 33 heavy (non-hydrogen) atoms. The van der Waals surface area contributed by atoms with Crippen LogP contribution in [0.4, 0.5) is 0 Å². The second-order valence-corrected chi connectivity index (χ2v) is 21.7. The first-order valence-electron chi connectivity index (χ1n) is 12.0. The molecular weight excluding hydrogens is 440 g/mol. The molecule has 5 heteroatoms. The molecule has 0 fully saturated rings. The lowest BCUT2D eigenvalue weighted by atomic mass is 10.00. The van der Waals surface area contributed by atoms with Crippen molar-refractivity contribution < 1.29 is 13.6 Å². The molecule has 2 rings (SSSR count). The largest absolute Gasteiger partial charge is 0.544 e. The van der Waals surface area contributed by atoms with Gasteiger partial charge in [0.2, 0.25) is 8.32 Å². The summed E-state index contributed by atoms with van der Waals surface area (Å²) < 4.78 is 13.1. The molecule has 0 N–H and O–H groups in total. The summed E-state index contributed by atoms with van der Waals surface area (Å²) in [4.78, 5) is 13.4. The summed E-state index contributed by atoms with van der Waals surface area (Å²) in [7, 11) is -3.99. The quantitative estimate of drug-likeness (QED) is 0.340. The molecule has 2 aromatic rings. The summed E-state index contributed by atoms with van der Waals surface area (Å²) in [6.07, 6.45) is 0.531. The molecule has 182 valence electrons. The monoisotopic (exact) mass is 484 g/mol. The van der Waals surface area contributed by atoms with E-state index in [1.807, 2.05) is 42.5 Å². The average molecular weight is 485 g/mol. The van der Waals surface area contributed by atoms with Crippen LogP contribution < -0.4 is 4.43 Å². The lowest BCUT2D eigenvalue weighted by Gasteiger charge is -2.39. The molecule has 1 atom stereocenters. The van der Waals surface area contributed by atoms with Gasteiger partial charge in [0.25, 0.3) is 0 Å². The van der Waals surface area contributed by atoms with Crippen LogP contribution in [0, 0.1) is 0 Å². The van der Waals surface area contributed by atoms with Crippen molar-refractivity contribution in [3.63, 3.8) is 0 Å². The van der Waals surface area contributed by atoms with Crippen molar-refractivity contribution in [1.29, 1.82) is 0 Å². The molecule has 0 aliphatic heterocycles. The van der Waals surface area contributed by atoms with Gasteiger partial charge in [0.15, 0.2) is 14.1 Å². The van der Waals surface area contributed by atoms with Gasteiger partial charge in [0.1, 0.15) is 11.9 Å². The predicted molar refractivity (Wildman–Crippen MR) is 145 cm³/mol. The summed E-state index contributed by atoms with van der Waals surface area (Å²) >= 11 is 0. The van der Waals surface area contributed by atoms with Gasteiger partial charge >= 0.3 is 0 Å². The average Bonchev–Trinajstić information content (AvgIpc) is 2.67. The van der Waals surface area contributed by atoms with Gasteiger partial charge in [0, 0.05) is 12.8 Å². The number of ketones is 1. The first kappa shape index (κ1) is 27.5. The minimum absolute atomic E-state index is 0.0408. The summed E-state index contributed by atoms with van der Waals surface area (Å²) in [5.41, 5.74) is 2.13. The minimum atomic E-state index is -2.11. The number of benzene rings is 2. The van der Waals surface area contributed by atoms with Gasteiger partial charge in [-0.05, 0) is 59.5 Å². The van der Waals surface area contributed by atoms with E-state index in [4.69, 9.17) is 8.85 Å². The molecule has 0 aliphatic rings. The number of Topliss-reactive ketones (excluding diaryl/α,β-unsaturated/α-hetero) is 1. The summed E-state index contributed by atoms with van der Waals surface area (Å²) in [6, 6.07) is 18.2. The van der Waals surface area contributed by atoms with Gasteiger partial charge in [-0.25, -0.2) is 0 Å². The van der Waals surface area contributed by atoms with Crippen LogP contribution in [-0.2, 0) is 22.1 Å². The normalized spacial score (nSPS) is 14.1. The Hall–Kier alpha value is -1.70. The molecule has 2 aromatic carbocycles. The van der Waals surface area contributed by atoms with E-state index in [-0.39, 0.29) is 15.9 Å². The van der Waals surface area contributed by atoms with Crippen molar-refractivity contribution in [3.8, 4) is 5.75 Å². The van der Waals surface area contributed by atoms with Crippen LogP contribution in [-0.4, -0.2) is 28.5 Å². The molecule has 0 aromatic heterocycles. The summed E-state index contributed by atoms with van der Waals surface area (Å²) in [5.74, 6) is 1.05. The molecular formula is C28H44O3Si2. The van der Waals surface area contributed by atoms with E-state index < -0.39 is 22.7 Å². The third-order valence-corrected chi connectivity index (χ3v) is 16.2. The van der Waals surface area contributed by atoms with Gasteiger partial charge in [-0.15, -0.1) is 0 Å². The van der Waals surface area contributed by atoms with E-state index in [0.717, 1.165) is 16.9 Å². The zero-order chi connectivity index (χ0) is 25.1. The number of hydrogen-bond acceptors (Lipinski definition) is 3. The molecule has 0 saturated heterocycles. The molecule has 0 unspecified atom stereocenters. The van der Waals surface area contributed by atoms with Crippen molar-refractivity contribution >= 4 is 22.4 Å². The van der Waals surface area contributed by atoms with Gasteiger partial charge in [-0.3, -0.25) is 4.79 Å². The fourth-order valence-electron chi connectivity index (χ4n) is 3.02. The number of hydrogen-bond donors (Lipinski definition) is 0. The summed E-state index contributed by atoms with van der Waals surface area (Å²) in [6.45, 7) is 22.3. The third-order valence-electron chi connectivity index (χ3n) is 7.35. The highest BCUT2D eigenvalue weighted by Gasteiger charge is 2.41. The maximum absolute atomic E-state index is 13.4. The van der Waals surface area contributed by atoms with Gasteiger partial charge in [0.05, 0.1) is 0 Å². The molecule has 0 amide bonds. The first-order valence-corrected chi connectivity index (χ1v) is 17.9. The maximum atomic E-state index is 13.4. The van der Waals surface area contributed by atoms with Crippen LogP contribution in [0.1, 0.15) is 52.7 Å². The Kier molecular flexibility index (Phi) is 8.58. The Morgan fingerprint density at radius 2 is 1.27 bits per heavy atom. The Bertz CT molecular complexity index is 905. The highest BCUT2D eigenvalue weighted by Crippen LogP contribution is 2.39. The fourth-order valence-corrected chi connectivity index (χ4v) is 5.33. The second kappa shape index (κ2) is 10.3. The molecule has 0 radical (unpaired) electrons. The fraction of sp³-hybridized carbons (Fsp3) is 0.536. The number of carbonyl (C=O) groups is 1. The SMILES string of the molecule is CC(C)(C)[Si](C)(C)Oc1ccc(C[C@H](O[Si](C)(C)C(C)(C)C)C(=O)Cc2ccccc2)cc1. The Balaban J connectivity index is 2.22. The van der Waals surface area contributed by atoms with E-state index in [1.54, 1.807) is 0 Å². The third kappa shape index (κ3) is 7.66. The smallest absolute Gasteiger partial charge is 0.250 e. The van der Waals surface area contributed by atoms with Crippen LogP contribution in [0.2, 0.25) is 36.3 Å². The van der Waals surface area contributed by atoms with Crippen LogP contribution in [0.25, 0.3) is 0 Å². The van der Waals surface area contributed by atoms with Crippen molar-refractivity contribution in [2.45, 2.75) is 96.8 Å². The molecule has 0 bridgehead atoms. The van der Waals surface area contributed by atoms with E-state index in [1.165, 1.54) is 0 Å². The van der Waals surface area contributed by atoms with Crippen LogP contribution >= 0.6 is 0 Å². The topological polar surface area (TPSA) is 35.5 Å². The minimum Gasteiger partial charge on any atom is -0.544 e. The number of rotatable bonds is 9. The van der Waals surface area contributed by atoms with E-state index >= 15 is 0 Å². The van der Waals surface area contributed by atoms with E-state index in [2.05, 4.69) is 79.9 Å². The lowest BCUT2D eigenvalue weighted by molar-refractivity contribution is -0.125. The van der Waals surface area contributed by atoms with Gasteiger partial charge in [-0.1, -0.05) is 84.0 Å². The highest BCUT2D eigenvalue weighted by atomic mass is 28.4. The maximum Gasteiger partial charge on any atom is 0.250 e. The zero-order valence-corrected chi connectivity index (χ0v) is 24.4. The molecule has 0 saturated carbocycles. The Morgan fingerprint density at radius 1 is 0.758 bits per heavy atom. The van der Waals surface area contributed by atoms with Crippen LogP contribution in [0.3, 0.4) is 0 Å². The standard InChI is InChI=1S/C28H44O3Si2/c1-27(2,3)32(7,8)30-24-18-16-23(17-19-24)21-26(31-33(9,10)28(4,5)6)25(29)20-22-14-12-11-13-15-22/h11-19,26H,20-21H2,1-10H3/t26-/m0/s1. The lowest BCUT2D eigenvalue weighted by Crippen LogP contribution is -2.47. The molecule has 0 heterocycles. The van der Waals surface area contributed by atoms with Crippen molar-refractivity contribution in [2.24, 2.45) is 0 Å². The molecule has 3 nitrogen and oxygen atoms in total. The van der Waals surface area contributed by atoms with Crippen LogP contribution in [0.5, 0.6) is 5.75 Å².